The number of nitrogens with zero attached hydrogens (tertiary/aromatic N) is 1. The summed E-state index contributed by atoms with van der Waals surface area (Å²) in [6.07, 6.45) is 3.13. The minimum atomic E-state index is -0.763. The van der Waals surface area contributed by atoms with E-state index in [0.717, 1.165) is 28.7 Å². The van der Waals surface area contributed by atoms with Crippen molar-refractivity contribution in [1.82, 2.24) is 10.2 Å². The lowest BCUT2D eigenvalue weighted by Gasteiger charge is -2.19. The molecule has 0 radical (unpaired) electrons. The Morgan fingerprint density at radius 1 is 1.21 bits per heavy atom. The Morgan fingerprint density at radius 3 is 2.71 bits per heavy atom. The fourth-order valence-corrected chi connectivity index (χ4v) is 4.04. The van der Waals surface area contributed by atoms with E-state index in [2.05, 4.69) is 10.6 Å². The second-order valence-corrected chi connectivity index (χ2v) is 7.43. The van der Waals surface area contributed by atoms with Crippen LogP contribution < -0.4 is 16.3 Å². The maximum Gasteiger partial charge on any atom is 0.336 e. The highest BCUT2D eigenvalue weighted by molar-refractivity contribution is 6.07. The molecule has 4 rings (SSSR count). The molecule has 2 N–H and O–H groups in total. The highest BCUT2D eigenvalue weighted by Gasteiger charge is 2.52. The van der Waals surface area contributed by atoms with Crippen LogP contribution in [0.25, 0.3) is 11.0 Å². The average molecular weight is 383 g/mol. The average Bonchev–Trinajstić information content (AvgIpc) is 3.19. The number of nitrogens with one attached hydrogen (secondary N) is 2. The summed E-state index contributed by atoms with van der Waals surface area (Å²) in [5.41, 5.74) is 0.452. The van der Waals surface area contributed by atoms with E-state index >= 15 is 0 Å². The number of fused-ring (bicyclic) bond motifs is 1. The fraction of sp³-hybridized carbons (Fsp3) is 0.400. The van der Waals surface area contributed by atoms with Crippen molar-refractivity contribution in [3.05, 3.63) is 40.2 Å². The molecule has 28 heavy (non-hydrogen) atoms. The topological polar surface area (TPSA) is 109 Å². The summed E-state index contributed by atoms with van der Waals surface area (Å²) in [5, 5.41) is 6.30. The highest BCUT2D eigenvalue weighted by Crippen LogP contribution is 2.35. The number of rotatable bonds is 4. The van der Waals surface area contributed by atoms with Crippen molar-refractivity contribution in [2.24, 2.45) is 0 Å². The van der Waals surface area contributed by atoms with Crippen molar-refractivity contribution in [2.45, 2.75) is 44.6 Å². The van der Waals surface area contributed by atoms with Crippen molar-refractivity contribution in [1.29, 1.82) is 0 Å². The first-order valence-electron chi connectivity index (χ1n) is 9.36. The molecule has 4 amide bonds. The Kier molecular flexibility index (Phi) is 4.41. The third kappa shape index (κ3) is 3.15. The lowest BCUT2D eigenvalue weighted by molar-refractivity contribution is -0.131. The van der Waals surface area contributed by atoms with Crippen molar-refractivity contribution < 1.29 is 18.8 Å². The molecule has 1 aromatic heterocycles. The Morgan fingerprint density at radius 2 is 1.96 bits per heavy atom. The lowest BCUT2D eigenvalue weighted by atomic mass is 9.98. The van der Waals surface area contributed by atoms with E-state index in [-0.39, 0.29) is 24.8 Å². The van der Waals surface area contributed by atoms with Gasteiger partial charge in [0, 0.05) is 36.2 Å². The standard InChI is InChI=1S/C20H21N3O5/c1-12-10-17(25)28-15-11-13(4-5-14(12)15)21-16(24)6-9-23-18(26)20(22-19(23)27)7-2-3-8-20/h4-5,10-11H,2-3,6-9H2,1H3,(H,21,24)(H,22,27). The van der Waals surface area contributed by atoms with Gasteiger partial charge in [-0.15, -0.1) is 0 Å². The number of carbonyl (C=O) groups is 3. The molecule has 1 aliphatic heterocycles. The Hall–Kier alpha value is -3.16. The van der Waals surface area contributed by atoms with Crippen LogP contribution in [-0.2, 0) is 9.59 Å². The number of carbonyl (C=O) groups excluding carboxylic acids is 3. The Balaban J connectivity index is 1.41. The number of amides is 4. The van der Waals surface area contributed by atoms with Crippen LogP contribution in [0.2, 0.25) is 0 Å². The predicted octanol–water partition coefficient (Wildman–Crippen LogP) is 2.29. The van der Waals surface area contributed by atoms with E-state index in [4.69, 9.17) is 4.42 Å². The molecule has 8 nitrogen and oxygen atoms in total. The van der Waals surface area contributed by atoms with Crippen LogP contribution in [0.3, 0.4) is 0 Å². The number of urea groups is 1. The first-order valence-corrected chi connectivity index (χ1v) is 9.36. The number of hydrogen-bond acceptors (Lipinski definition) is 5. The van der Waals surface area contributed by atoms with Crippen LogP contribution in [-0.4, -0.2) is 34.8 Å². The van der Waals surface area contributed by atoms with Gasteiger partial charge < -0.3 is 15.1 Å². The van der Waals surface area contributed by atoms with Crippen molar-refractivity contribution in [3.63, 3.8) is 0 Å². The zero-order valence-electron chi connectivity index (χ0n) is 15.5. The van der Waals surface area contributed by atoms with Crippen LogP contribution >= 0.6 is 0 Å². The molecule has 0 bridgehead atoms. The first kappa shape index (κ1) is 18.2. The first-order chi connectivity index (χ1) is 13.4. The minimum Gasteiger partial charge on any atom is -0.423 e. The van der Waals surface area contributed by atoms with Gasteiger partial charge in [-0.2, -0.15) is 0 Å². The van der Waals surface area contributed by atoms with Crippen molar-refractivity contribution in [3.8, 4) is 0 Å². The number of anilines is 1. The predicted molar refractivity (Wildman–Crippen MR) is 102 cm³/mol. The van der Waals surface area contributed by atoms with Gasteiger partial charge in [-0.3, -0.25) is 14.5 Å². The molecule has 1 aromatic carbocycles. The molecule has 2 fully saturated rings. The van der Waals surface area contributed by atoms with Crippen LogP contribution in [0.15, 0.2) is 33.5 Å². The highest BCUT2D eigenvalue weighted by atomic mass is 16.4. The van der Waals surface area contributed by atoms with Crippen molar-refractivity contribution >= 4 is 34.5 Å². The number of benzene rings is 1. The summed E-state index contributed by atoms with van der Waals surface area (Å²) >= 11 is 0. The van der Waals surface area contributed by atoms with Crippen LogP contribution in [0, 0.1) is 6.92 Å². The number of imide groups is 1. The molecule has 1 saturated carbocycles. The summed E-state index contributed by atoms with van der Waals surface area (Å²) in [7, 11) is 0. The summed E-state index contributed by atoms with van der Waals surface area (Å²) in [4.78, 5) is 49.7. The monoisotopic (exact) mass is 383 g/mol. The molecule has 1 aliphatic carbocycles. The molecule has 8 heteroatoms. The largest absolute Gasteiger partial charge is 0.423 e. The van der Waals surface area contributed by atoms with Gasteiger partial charge in [0.15, 0.2) is 0 Å². The van der Waals surface area contributed by atoms with Gasteiger partial charge in [-0.25, -0.2) is 9.59 Å². The summed E-state index contributed by atoms with van der Waals surface area (Å²) in [6, 6.07) is 6.06. The zero-order chi connectivity index (χ0) is 19.9. The van der Waals surface area contributed by atoms with Crippen molar-refractivity contribution in [2.75, 3.05) is 11.9 Å². The summed E-state index contributed by atoms with van der Waals surface area (Å²) in [5.74, 6) is -0.562. The molecule has 0 atom stereocenters. The molecule has 2 heterocycles. The van der Waals surface area contributed by atoms with Gasteiger partial charge in [0.2, 0.25) is 5.91 Å². The third-order valence-corrected chi connectivity index (χ3v) is 5.50. The van der Waals surface area contributed by atoms with E-state index in [0.29, 0.717) is 24.1 Å². The van der Waals surface area contributed by atoms with E-state index in [1.54, 1.807) is 18.2 Å². The van der Waals surface area contributed by atoms with Gasteiger partial charge in [-0.05, 0) is 37.5 Å². The fourth-order valence-electron chi connectivity index (χ4n) is 4.04. The van der Waals surface area contributed by atoms with Gasteiger partial charge in [0.25, 0.3) is 5.91 Å². The summed E-state index contributed by atoms with van der Waals surface area (Å²) < 4.78 is 5.17. The number of aryl methyl sites for hydroxylation is 1. The maximum absolute atomic E-state index is 12.6. The van der Waals surface area contributed by atoms with E-state index in [1.165, 1.54) is 6.07 Å². The van der Waals surface area contributed by atoms with Gasteiger partial charge in [0.1, 0.15) is 11.1 Å². The third-order valence-electron chi connectivity index (χ3n) is 5.50. The zero-order valence-corrected chi connectivity index (χ0v) is 15.5. The normalized spacial score (nSPS) is 18.1. The molecular weight excluding hydrogens is 362 g/mol. The second-order valence-electron chi connectivity index (χ2n) is 7.43. The molecule has 2 aromatic rings. The van der Waals surface area contributed by atoms with Gasteiger partial charge >= 0.3 is 11.7 Å². The van der Waals surface area contributed by atoms with Gasteiger partial charge in [0.05, 0.1) is 0 Å². The Bertz CT molecular complexity index is 1040. The molecule has 1 spiro atoms. The maximum atomic E-state index is 12.6. The Labute approximate surface area is 160 Å². The number of hydrogen-bond donors (Lipinski definition) is 2. The van der Waals surface area contributed by atoms with E-state index in [1.807, 2.05) is 6.92 Å². The molecule has 146 valence electrons. The van der Waals surface area contributed by atoms with Crippen LogP contribution in [0.4, 0.5) is 10.5 Å². The van der Waals surface area contributed by atoms with E-state index < -0.39 is 17.2 Å². The second kappa shape index (κ2) is 6.78. The molecular formula is C20H21N3O5. The smallest absolute Gasteiger partial charge is 0.336 e. The molecule has 0 unspecified atom stereocenters. The summed E-state index contributed by atoms with van der Waals surface area (Å²) in [6.45, 7) is 1.84. The van der Waals surface area contributed by atoms with Crippen LogP contribution in [0.1, 0.15) is 37.7 Å². The molecule has 2 aliphatic rings. The van der Waals surface area contributed by atoms with Crippen LogP contribution in [0.5, 0.6) is 0 Å². The SMILES string of the molecule is Cc1cc(=O)oc2cc(NC(=O)CCN3C(=O)NC4(CCCC4)C3=O)ccc12. The molecule has 1 saturated heterocycles. The van der Waals surface area contributed by atoms with Gasteiger partial charge in [-0.1, -0.05) is 12.8 Å². The van der Waals surface area contributed by atoms with E-state index in [9.17, 15) is 19.2 Å². The minimum absolute atomic E-state index is 0.00889. The lowest BCUT2D eigenvalue weighted by Crippen LogP contribution is -2.44. The quantitative estimate of drug-likeness (QED) is 0.622.